The number of piperidine rings is 1. The summed E-state index contributed by atoms with van der Waals surface area (Å²) in [5, 5.41) is 5.06. The van der Waals surface area contributed by atoms with Gasteiger partial charge in [-0.25, -0.2) is 4.79 Å². The van der Waals surface area contributed by atoms with Crippen LogP contribution < -0.4 is 5.32 Å². The molecule has 1 amide bonds. The van der Waals surface area contributed by atoms with Crippen LogP contribution in [-0.4, -0.2) is 49.2 Å². The summed E-state index contributed by atoms with van der Waals surface area (Å²) in [7, 11) is 2.06. The van der Waals surface area contributed by atoms with E-state index < -0.39 is 5.60 Å². The molecule has 0 spiro atoms. The lowest BCUT2D eigenvalue weighted by molar-refractivity contribution is 0.0177. The second-order valence-electron chi connectivity index (χ2n) is 11.9. The first kappa shape index (κ1) is 26.7. The monoisotopic (exact) mass is 548 g/mol. The van der Waals surface area contributed by atoms with Gasteiger partial charge in [0.1, 0.15) is 5.60 Å². The van der Waals surface area contributed by atoms with E-state index in [1.54, 1.807) is 12.4 Å². The van der Waals surface area contributed by atoms with Gasteiger partial charge in [0, 0.05) is 67.9 Å². The molecule has 1 aliphatic heterocycles. The Morgan fingerprint density at radius 1 is 0.976 bits per heavy atom. The third kappa shape index (κ3) is 5.73. The van der Waals surface area contributed by atoms with E-state index >= 15 is 0 Å². The molecule has 8 heteroatoms. The van der Waals surface area contributed by atoms with E-state index in [-0.39, 0.29) is 12.1 Å². The fraction of sp³-hybridized carbons (Fsp3) is 0.333. The number of pyridine rings is 1. The number of hydrogen-bond donors (Lipinski definition) is 1. The number of carbonyl (C=O) groups is 1. The molecule has 41 heavy (non-hydrogen) atoms. The standard InChI is InChI=1S/C33H36N6O2/c1-33(2,3)41-32(40)39-17-10-24(11-18-39)30(23-7-12-34-13-8-23)37-26-20-27(31-28(21-26)35-14-15-36-31)25-6-5-22-9-16-38(4)29(22)19-25/h5-9,12-16,19-21,24,30,37H,10-11,17-18H2,1-4H3. The van der Waals surface area contributed by atoms with E-state index in [1.807, 2.05) is 38.1 Å². The van der Waals surface area contributed by atoms with E-state index in [0.29, 0.717) is 19.0 Å². The molecule has 4 heterocycles. The van der Waals surface area contributed by atoms with Gasteiger partial charge < -0.3 is 19.5 Å². The first-order valence-electron chi connectivity index (χ1n) is 14.2. The Hall–Kier alpha value is -4.46. The van der Waals surface area contributed by atoms with Crippen molar-refractivity contribution < 1.29 is 9.53 Å². The lowest BCUT2D eigenvalue weighted by atomic mass is 9.85. The summed E-state index contributed by atoms with van der Waals surface area (Å²) >= 11 is 0. The maximum Gasteiger partial charge on any atom is 0.410 e. The Balaban J connectivity index is 1.33. The van der Waals surface area contributed by atoms with Gasteiger partial charge in [0.15, 0.2) is 0 Å². The van der Waals surface area contributed by atoms with Crippen molar-refractivity contribution in [1.82, 2.24) is 24.4 Å². The van der Waals surface area contributed by atoms with Gasteiger partial charge >= 0.3 is 6.09 Å². The third-order valence-electron chi connectivity index (χ3n) is 7.82. The molecule has 5 aromatic rings. The summed E-state index contributed by atoms with van der Waals surface area (Å²) in [6, 6.07) is 17.1. The summed E-state index contributed by atoms with van der Waals surface area (Å²) in [4.78, 5) is 28.2. The van der Waals surface area contributed by atoms with Crippen LogP contribution >= 0.6 is 0 Å². The molecule has 6 rings (SSSR count). The van der Waals surface area contributed by atoms with E-state index in [4.69, 9.17) is 9.72 Å². The Morgan fingerprint density at radius 3 is 2.49 bits per heavy atom. The molecule has 2 aromatic carbocycles. The highest BCUT2D eigenvalue weighted by Gasteiger charge is 2.31. The van der Waals surface area contributed by atoms with Crippen LogP contribution in [0.4, 0.5) is 10.5 Å². The van der Waals surface area contributed by atoms with E-state index in [9.17, 15) is 4.79 Å². The number of fused-ring (bicyclic) bond motifs is 2. The van der Waals surface area contributed by atoms with Crippen molar-refractivity contribution >= 4 is 33.7 Å². The number of aromatic nitrogens is 4. The lowest BCUT2D eigenvalue weighted by Crippen LogP contribution is -2.43. The van der Waals surface area contributed by atoms with Crippen LogP contribution in [0.2, 0.25) is 0 Å². The number of amides is 1. The fourth-order valence-electron chi connectivity index (χ4n) is 5.77. The number of benzene rings is 2. The topological polar surface area (TPSA) is 85.2 Å². The molecule has 1 aliphatic rings. The summed E-state index contributed by atoms with van der Waals surface area (Å²) in [6.07, 6.45) is 10.7. The van der Waals surface area contributed by atoms with Gasteiger partial charge in [-0.05, 0) is 92.4 Å². The molecule has 0 saturated carbocycles. The second kappa shape index (κ2) is 10.8. The molecule has 3 aromatic heterocycles. The number of anilines is 1. The number of likely N-dealkylation sites (tertiary alicyclic amines) is 1. The van der Waals surface area contributed by atoms with Crippen LogP contribution in [0.25, 0.3) is 33.1 Å². The number of nitrogens with one attached hydrogen (secondary N) is 1. The number of carbonyl (C=O) groups excluding carboxylic acids is 1. The van der Waals surface area contributed by atoms with Gasteiger partial charge in [0.05, 0.1) is 17.1 Å². The number of hydrogen-bond acceptors (Lipinski definition) is 6. The molecule has 1 unspecified atom stereocenters. The van der Waals surface area contributed by atoms with Crippen molar-refractivity contribution in [3.63, 3.8) is 0 Å². The summed E-state index contributed by atoms with van der Waals surface area (Å²) < 4.78 is 7.76. The molecule has 8 nitrogen and oxygen atoms in total. The van der Waals surface area contributed by atoms with Crippen LogP contribution in [0.15, 0.2) is 79.5 Å². The number of nitrogens with zero attached hydrogens (tertiary/aromatic N) is 5. The van der Waals surface area contributed by atoms with Crippen molar-refractivity contribution in [3.8, 4) is 11.1 Å². The van der Waals surface area contributed by atoms with Crippen LogP contribution in [0.3, 0.4) is 0 Å². The van der Waals surface area contributed by atoms with Gasteiger partial charge in [-0.3, -0.25) is 15.0 Å². The van der Waals surface area contributed by atoms with Gasteiger partial charge in [-0.15, -0.1) is 0 Å². The Morgan fingerprint density at radius 2 is 1.73 bits per heavy atom. The quantitative estimate of drug-likeness (QED) is 0.255. The normalized spacial score (nSPS) is 15.3. The SMILES string of the molecule is Cn1ccc2ccc(-c3cc(NC(c4ccncc4)C4CCN(C(=O)OC(C)(C)C)CC4)cc4nccnc34)cc21. The highest BCUT2D eigenvalue weighted by molar-refractivity contribution is 5.97. The number of rotatable bonds is 5. The minimum atomic E-state index is -0.503. The second-order valence-corrected chi connectivity index (χ2v) is 11.9. The zero-order valence-electron chi connectivity index (χ0n) is 24.0. The molecule has 210 valence electrons. The van der Waals surface area contributed by atoms with Crippen LogP contribution in [0.1, 0.15) is 45.2 Å². The minimum Gasteiger partial charge on any atom is -0.444 e. The van der Waals surface area contributed by atoms with Crippen LogP contribution in [-0.2, 0) is 11.8 Å². The molecular formula is C33H36N6O2. The largest absolute Gasteiger partial charge is 0.444 e. The van der Waals surface area contributed by atoms with Gasteiger partial charge in [-0.1, -0.05) is 12.1 Å². The van der Waals surface area contributed by atoms with E-state index in [2.05, 4.69) is 81.6 Å². The Bertz CT molecular complexity index is 1680. The molecule has 1 N–H and O–H groups in total. The Kier molecular flexibility index (Phi) is 7.07. The highest BCUT2D eigenvalue weighted by Crippen LogP contribution is 2.37. The highest BCUT2D eigenvalue weighted by atomic mass is 16.6. The van der Waals surface area contributed by atoms with Crippen molar-refractivity contribution in [1.29, 1.82) is 0 Å². The molecule has 1 saturated heterocycles. The van der Waals surface area contributed by atoms with Gasteiger partial charge in [0.25, 0.3) is 0 Å². The molecule has 1 atom stereocenters. The predicted molar refractivity (Wildman–Crippen MR) is 163 cm³/mol. The lowest BCUT2D eigenvalue weighted by Gasteiger charge is -2.37. The minimum absolute atomic E-state index is 0.0381. The van der Waals surface area contributed by atoms with Gasteiger partial charge in [-0.2, -0.15) is 0 Å². The van der Waals surface area contributed by atoms with Gasteiger partial charge in [0.2, 0.25) is 0 Å². The van der Waals surface area contributed by atoms with Crippen molar-refractivity contribution in [2.75, 3.05) is 18.4 Å². The maximum atomic E-state index is 12.7. The molecule has 0 radical (unpaired) electrons. The van der Waals surface area contributed by atoms with Crippen LogP contribution in [0, 0.1) is 5.92 Å². The van der Waals surface area contributed by atoms with Crippen LogP contribution in [0.5, 0.6) is 0 Å². The zero-order chi connectivity index (χ0) is 28.6. The van der Waals surface area contributed by atoms with Crippen molar-refractivity contribution in [2.45, 2.75) is 45.3 Å². The molecular weight excluding hydrogens is 512 g/mol. The molecule has 0 bridgehead atoms. The average molecular weight is 549 g/mol. The Labute approximate surface area is 240 Å². The molecule has 0 aliphatic carbocycles. The summed E-state index contributed by atoms with van der Waals surface area (Å²) in [5.74, 6) is 0.316. The van der Waals surface area contributed by atoms with Crippen molar-refractivity contribution in [2.24, 2.45) is 13.0 Å². The maximum absolute atomic E-state index is 12.7. The summed E-state index contributed by atoms with van der Waals surface area (Å²) in [5.41, 5.74) is 6.66. The fourth-order valence-corrected chi connectivity index (χ4v) is 5.77. The summed E-state index contributed by atoms with van der Waals surface area (Å²) in [6.45, 7) is 7.03. The zero-order valence-corrected chi connectivity index (χ0v) is 24.0. The first-order chi connectivity index (χ1) is 19.7. The average Bonchev–Trinajstić information content (AvgIpc) is 3.35. The smallest absolute Gasteiger partial charge is 0.410 e. The number of aryl methyl sites for hydroxylation is 1. The number of ether oxygens (including phenoxy) is 1. The van der Waals surface area contributed by atoms with E-state index in [0.717, 1.165) is 40.7 Å². The van der Waals surface area contributed by atoms with E-state index in [1.165, 1.54) is 16.5 Å². The third-order valence-corrected chi connectivity index (χ3v) is 7.82. The van der Waals surface area contributed by atoms with Crippen molar-refractivity contribution in [3.05, 3.63) is 85.1 Å². The molecule has 1 fully saturated rings. The first-order valence-corrected chi connectivity index (χ1v) is 14.2. The predicted octanol–water partition coefficient (Wildman–Crippen LogP) is 6.98.